The van der Waals surface area contributed by atoms with E-state index >= 15 is 0 Å². The van der Waals surface area contributed by atoms with Gasteiger partial charge in [0.25, 0.3) is 0 Å². The molecule has 3 N–H and O–H groups in total. The molecule has 0 aliphatic heterocycles. The van der Waals surface area contributed by atoms with Crippen LogP contribution in [-0.4, -0.2) is 27.8 Å². The van der Waals surface area contributed by atoms with Gasteiger partial charge in [0.2, 0.25) is 11.8 Å². The first-order valence-corrected chi connectivity index (χ1v) is 9.93. The van der Waals surface area contributed by atoms with Crippen LogP contribution in [0.2, 0.25) is 0 Å². The Morgan fingerprint density at radius 3 is 2.71 bits per heavy atom. The van der Waals surface area contributed by atoms with Crippen LogP contribution in [0.5, 0.6) is 0 Å². The van der Waals surface area contributed by atoms with Gasteiger partial charge in [0.05, 0.1) is 16.6 Å². The van der Waals surface area contributed by atoms with Crippen molar-refractivity contribution in [3.63, 3.8) is 0 Å². The largest absolute Gasteiger partial charge is 0.416 e. The van der Waals surface area contributed by atoms with Gasteiger partial charge in [-0.2, -0.15) is 13.2 Å². The van der Waals surface area contributed by atoms with E-state index in [1.54, 1.807) is 0 Å². The number of benzene rings is 2. The number of hydrogen-bond donors (Lipinski definition) is 3. The minimum atomic E-state index is -4.50. The molecule has 0 spiro atoms. The van der Waals surface area contributed by atoms with E-state index in [0.29, 0.717) is 0 Å². The molecule has 1 aliphatic rings. The van der Waals surface area contributed by atoms with Crippen molar-refractivity contribution in [2.24, 2.45) is 5.92 Å². The van der Waals surface area contributed by atoms with Crippen molar-refractivity contribution in [1.82, 2.24) is 15.3 Å². The van der Waals surface area contributed by atoms with Gasteiger partial charge in [-0.3, -0.25) is 9.59 Å². The highest BCUT2D eigenvalue weighted by molar-refractivity contribution is 5.97. The lowest BCUT2D eigenvalue weighted by Gasteiger charge is -2.15. The molecular formula is C22H21F3N4O2. The van der Waals surface area contributed by atoms with Crippen molar-refractivity contribution in [2.75, 3.05) is 5.32 Å². The Kier molecular flexibility index (Phi) is 5.43. The highest BCUT2D eigenvalue weighted by atomic mass is 19.4. The lowest BCUT2D eigenvalue weighted by Crippen LogP contribution is -2.41. The zero-order chi connectivity index (χ0) is 22.2. The Morgan fingerprint density at radius 1 is 1.19 bits per heavy atom. The molecule has 0 saturated heterocycles. The maximum absolute atomic E-state index is 12.8. The molecule has 0 bridgehead atoms. The lowest BCUT2D eigenvalue weighted by molar-refractivity contribution is -0.137. The summed E-state index contributed by atoms with van der Waals surface area (Å²) in [6.07, 6.45) is -3.41. The Bertz CT molecular complexity index is 1090. The number of aromatic nitrogens is 2. The average Bonchev–Trinajstić information content (AvgIpc) is 3.33. The molecule has 6 nitrogen and oxygen atoms in total. The smallest absolute Gasteiger partial charge is 0.345 e. The number of nitrogens with zero attached hydrogens (tertiary/aromatic N) is 1. The number of fused-ring (bicyclic) bond motifs is 1. The summed E-state index contributed by atoms with van der Waals surface area (Å²) in [7, 11) is 0. The molecule has 1 aliphatic carbocycles. The first-order chi connectivity index (χ1) is 14.7. The molecule has 2 aromatic carbocycles. The quantitative estimate of drug-likeness (QED) is 0.547. The van der Waals surface area contributed by atoms with Crippen molar-refractivity contribution < 1.29 is 22.8 Å². The van der Waals surface area contributed by atoms with Crippen molar-refractivity contribution in [1.29, 1.82) is 0 Å². The van der Waals surface area contributed by atoms with Gasteiger partial charge in [0.1, 0.15) is 11.9 Å². The summed E-state index contributed by atoms with van der Waals surface area (Å²) in [5.41, 5.74) is 1.00. The molecule has 0 unspecified atom stereocenters. The summed E-state index contributed by atoms with van der Waals surface area (Å²) in [5.74, 6) is 0.300. The summed E-state index contributed by atoms with van der Waals surface area (Å²) >= 11 is 0. The van der Waals surface area contributed by atoms with E-state index in [9.17, 15) is 22.8 Å². The van der Waals surface area contributed by atoms with Crippen LogP contribution in [0.3, 0.4) is 0 Å². The molecule has 1 heterocycles. The number of hydrogen-bond acceptors (Lipinski definition) is 3. The molecule has 4 rings (SSSR count). The number of nitrogens with one attached hydrogen (secondary N) is 3. The van der Waals surface area contributed by atoms with E-state index in [0.717, 1.165) is 35.4 Å². The molecule has 3 aromatic rings. The normalized spacial score (nSPS) is 19.1. The minimum Gasteiger partial charge on any atom is -0.345 e. The maximum atomic E-state index is 12.8. The number of alkyl halides is 3. The molecule has 1 saturated carbocycles. The van der Waals surface area contributed by atoms with Crippen LogP contribution >= 0.6 is 0 Å². The molecule has 1 fully saturated rings. The second kappa shape index (κ2) is 8.05. The number of halogens is 3. The van der Waals surface area contributed by atoms with Gasteiger partial charge in [-0.15, -0.1) is 0 Å². The Labute approximate surface area is 176 Å². The number of rotatable bonds is 6. The van der Waals surface area contributed by atoms with Crippen LogP contribution in [0.1, 0.15) is 37.1 Å². The third kappa shape index (κ3) is 4.87. The summed E-state index contributed by atoms with van der Waals surface area (Å²) in [4.78, 5) is 32.4. The van der Waals surface area contributed by atoms with Gasteiger partial charge >= 0.3 is 6.18 Å². The van der Waals surface area contributed by atoms with Gasteiger partial charge in [-0.1, -0.05) is 18.2 Å². The highest BCUT2D eigenvalue weighted by Crippen LogP contribution is 2.48. The first kappa shape index (κ1) is 20.9. The van der Waals surface area contributed by atoms with Crippen LogP contribution in [-0.2, 0) is 15.8 Å². The maximum Gasteiger partial charge on any atom is 0.416 e. The molecule has 1 aromatic heterocycles. The summed E-state index contributed by atoms with van der Waals surface area (Å²) in [6, 6.07) is 11.2. The fourth-order valence-electron chi connectivity index (χ4n) is 3.58. The zero-order valence-electron chi connectivity index (χ0n) is 16.7. The molecular weight excluding hydrogens is 409 g/mol. The molecule has 9 heteroatoms. The summed E-state index contributed by atoms with van der Waals surface area (Å²) < 4.78 is 38.4. The van der Waals surface area contributed by atoms with Crippen LogP contribution in [0.15, 0.2) is 48.5 Å². The molecule has 3 atom stereocenters. The van der Waals surface area contributed by atoms with E-state index in [1.807, 2.05) is 24.3 Å². The highest BCUT2D eigenvalue weighted by Gasteiger charge is 2.42. The van der Waals surface area contributed by atoms with E-state index in [4.69, 9.17) is 0 Å². The van der Waals surface area contributed by atoms with Gasteiger partial charge < -0.3 is 15.6 Å². The number of anilines is 1. The number of carbonyl (C=O) groups excluding carboxylic acids is 2. The molecule has 162 valence electrons. The summed E-state index contributed by atoms with van der Waals surface area (Å²) in [5, 5.41) is 5.02. The standard InChI is InChI=1S/C22H21F3N4O2/c1-12(21(31)27-15-6-4-5-14(11-15)22(23,24)25)26-19(30)10-13-9-16(13)20-28-17-7-2-3-8-18(17)29-20/h2-8,11-13,16H,9-10H2,1H3,(H,26,30)(H,27,31)(H,28,29)/t12-,13-,16-/m0/s1. The molecule has 31 heavy (non-hydrogen) atoms. The van der Waals surface area contributed by atoms with E-state index in [-0.39, 0.29) is 29.9 Å². The number of H-pyrrole nitrogens is 1. The van der Waals surface area contributed by atoms with Gasteiger partial charge in [0.15, 0.2) is 0 Å². The fraction of sp³-hybridized carbons (Fsp3) is 0.318. The van der Waals surface area contributed by atoms with Gasteiger partial charge in [-0.25, -0.2) is 4.98 Å². The van der Waals surface area contributed by atoms with E-state index < -0.39 is 23.7 Å². The Hall–Kier alpha value is -3.36. The predicted octanol–water partition coefficient (Wildman–Crippen LogP) is 4.22. The van der Waals surface area contributed by atoms with Crippen molar-refractivity contribution in [3.8, 4) is 0 Å². The van der Waals surface area contributed by atoms with Crippen molar-refractivity contribution in [2.45, 2.75) is 37.9 Å². The van der Waals surface area contributed by atoms with Crippen LogP contribution < -0.4 is 10.6 Å². The topological polar surface area (TPSA) is 86.9 Å². The van der Waals surface area contributed by atoms with E-state index in [2.05, 4.69) is 20.6 Å². The molecule has 2 amide bonds. The monoisotopic (exact) mass is 430 g/mol. The van der Waals surface area contributed by atoms with Crippen LogP contribution in [0.25, 0.3) is 11.0 Å². The average molecular weight is 430 g/mol. The number of para-hydroxylation sites is 2. The second-order valence-corrected chi connectivity index (χ2v) is 7.80. The van der Waals surface area contributed by atoms with Crippen LogP contribution in [0, 0.1) is 5.92 Å². The third-order valence-corrected chi connectivity index (χ3v) is 5.36. The van der Waals surface area contributed by atoms with Crippen molar-refractivity contribution >= 4 is 28.5 Å². The first-order valence-electron chi connectivity index (χ1n) is 9.93. The number of amides is 2. The Morgan fingerprint density at radius 2 is 1.97 bits per heavy atom. The second-order valence-electron chi connectivity index (χ2n) is 7.80. The SMILES string of the molecule is C[C@H](NC(=O)C[C@@H]1C[C@@H]1c1nc2ccccc2[nH]1)C(=O)Nc1cccc(C(F)(F)F)c1. The predicted molar refractivity (Wildman–Crippen MR) is 109 cm³/mol. The van der Waals surface area contributed by atoms with Crippen molar-refractivity contribution in [3.05, 3.63) is 59.9 Å². The van der Waals surface area contributed by atoms with Crippen LogP contribution in [0.4, 0.5) is 18.9 Å². The lowest BCUT2D eigenvalue weighted by atomic mass is 10.2. The fourth-order valence-corrected chi connectivity index (χ4v) is 3.58. The van der Waals surface area contributed by atoms with Gasteiger partial charge in [0, 0.05) is 18.0 Å². The zero-order valence-corrected chi connectivity index (χ0v) is 16.7. The number of carbonyl (C=O) groups is 2. The van der Waals surface area contributed by atoms with Gasteiger partial charge in [-0.05, 0) is 49.6 Å². The Balaban J connectivity index is 1.28. The van der Waals surface area contributed by atoms with E-state index in [1.165, 1.54) is 19.1 Å². The number of aromatic amines is 1. The number of imidazole rings is 1. The summed E-state index contributed by atoms with van der Waals surface area (Å²) in [6.45, 7) is 1.49. The third-order valence-electron chi connectivity index (χ3n) is 5.36. The molecule has 0 radical (unpaired) electrons. The minimum absolute atomic E-state index is 0.0214.